The van der Waals surface area contributed by atoms with Gasteiger partial charge in [0.2, 0.25) is 0 Å². The molecule has 2 nitrogen and oxygen atoms in total. The molecule has 1 N–H and O–H groups in total. The van der Waals surface area contributed by atoms with E-state index in [1.807, 2.05) is 0 Å². The fourth-order valence-corrected chi connectivity index (χ4v) is 2.84. The monoisotopic (exact) mass is 251 g/mol. The highest BCUT2D eigenvalue weighted by Gasteiger charge is 2.21. The van der Waals surface area contributed by atoms with Gasteiger partial charge in [0.1, 0.15) is 0 Å². The van der Waals surface area contributed by atoms with E-state index in [4.69, 9.17) is 4.74 Å². The summed E-state index contributed by atoms with van der Waals surface area (Å²) in [5.41, 5.74) is 1.27. The van der Waals surface area contributed by atoms with Crippen LogP contribution in [0.15, 0.2) is 29.2 Å². The lowest BCUT2D eigenvalue weighted by Crippen LogP contribution is -2.33. The summed E-state index contributed by atoms with van der Waals surface area (Å²) in [5.74, 6) is 0. The largest absolute Gasteiger partial charge is 0.381 e. The summed E-state index contributed by atoms with van der Waals surface area (Å²) < 4.78 is 5.71. The Labute approximate surface area is 108 Å². The Balaban J connectivity index is 2.00. The van der Waals surface area contributed by atoms with Crippen molar-refractivity contribution in [3.05, 3.63) is 24.3 Å². The van der Waals surface area contributed by atoms with Crippen molar-refractivity contribution in [2.24, 2.45) is 0 Å². The lowest BCUT2D eigenvalue weighted by atomic mass is 10.0. The van der Waals surface area contributed by atoms with Crippen molar-refractivity contribution in [3.8, 4) is 0 Å². The van der Waals surface area contributed by atoms with Crippen LogP contribution in [0.25, 0.3) is 0 Å². The Morgan fingerprint density at radius 1 is 1.41 bits per heavy atom. The number of benzene rings is 1. The third-order valence-electron chi connectivity index (χ3n) is 3.29. The van der Waals surface area contributed by atoms with Gasteiger partial charge in [-0.2, -0.15) is 0 Å². The Hall–Kier alpha value is -0.670. The fraction of sp³-hybridized carbons (Fsp3) is 0.571. The first-order valence-electron chi connectivity index (χ1n) is 6.34. The first-order valence-corrected chi connectivity index (χ1v) is 7.57. The zero-order valence-corrected chi connectivity index (χ0v) is 11.4. The minimum atomic E-state index is 0.433. The second-order valence-electron chi connectivity index (χ2n) is 4.47. The van der Waals surface area contributed by atoms with Gasteiger partial charge in [-0.1, -0.05) is 19.1 Å². The number of anilines is 1. The van der Waals surface area contributed by atoms with Crippen molar-refractivity contribution in [2.75, 3.05) is 18.2 Å². The van der Waals surface area contributed by atoms with Gasteiger partial charge in [0, 0.05) is 23.2 Å². The molecule has 0 saturated carbocycles. The van der Waals surface area contributed by atoms with E-state index in [0.29, 0.717) is 12.1 Å². The summed E-state index contributed by atoms with van der Waals surface area (Å²) in [4.78, 5) is 1.33. The zero-order chi connectivity index (χ0) is 12.1. The van der Waals surface area contributed by atoms with Crippen molar-refractivity contribution in [1.82, 2.24) is 0 Å². The molecule has 1 heterocycles. The molecule has 2 atom stereocenters. The summed E-state index contributed by atoms with van der Waals surface area (Å²) >= 11 is 1.80. The van der Waals surface area contributed by atoms with Gasteiger partial charge >= 0.3 is 0 Å². The number of hydrogen-bond acceptors (Lipinski definition) is 3. The second kappa shape index (κ2) is 6.31. The van der Waals surface area contributed by atoms with Crippen LogP contribution in [-0.2, 0) is 4.74 Å². The predicted molar refractivity (Wildman–Crippen MR) is 74.9 cm³/mol. The van der Waals surface area contributed by atoms with Gasteiger partial charge in [0.15, 0.2) is 0 Å². The van der Waals surface area contributed by atoms with Crippen LogP contribution >= 0.6 is 11.8 Å². The third kappa shape index (κ3) is 3.39. The van der Waals surface area contributed by atoms with Gasteiger partial charge in [-0.05, 0) is 37.7 Å². The van der Waals surface area contributed by atoms with Crippen molar-refractivity contribution in [3.63, 3.8) is 0 Å². The second-order valence-corrected chi connectivity index (χ2v) is 5.32. The molecule has 2 rings (SSSR count). The molecule has 0 bridgehead atoms. The summed E-state index contributed by atoms with van der Waals surface area (Å²) in [6.07, 6.45) is 5.91. The summed E-state index contributed by atoms with van der Waals surface area (Å²) in [6, 6.07) is 9.09. The Kier molecular flexibility index (Phi) is 4.75. The topological polar surface area (TPSA) is 21.3 Å². The van der Waals surface area contributed by atoms with E-state index >= 15 is 0 Å². The van der Waals surface area contributed by atoms with Gasteiger partial charge in [0.25, 0.3) is 0 Å². The Bertz CT molecular complexity index is 356. The fourth-order valence-electron chi connectivity index (χ4n) is 2.28. The average molecular weight is 251 g/mol. The standard InChI is InChI=1S/C14H21NOS/c1-3-12-10-11(8-9-16-12)15-13-6-4-5-7-14(13)17-2/h4-7,11-12,15H,3,8-10H2,1-2H3. The minimum absolute atomic E-state index is 0.433. The highest BCUT2D eigenvalue weighted by molar-refractivity contribution is 7.98. The van der Waals surface area contributed by atoms with Crippen molar-refractivity contribution in [1.29, 1.82) is 0 Å². The van der Waals surface area contributed by atoms with E-state index in [9.17, 15) is 0 Å². The number of thioether (sulfide) groups is 1. The smallest absolute Gasteiger partial charge is 0.0592 e. The maximum Gasteiger partial charge on any atom is 0.0592 e. The van der Waals surface area contributed by atoms with Gasteiger partial charge in [-0.15, -0.1) is 11.8 Å². The van der Waals surface area contributed by atoms with Crippen LogP contribution in [0.2, 0.25) is 0 Å². The predicted octanol–water partition coefficient (Wildman–Crippen LogP) is 3.78. The van der Waals surface area contributed by atoms with Crippen LogP contribution in [-0.4, -0.2) is 25.0 Å². The van der Waals surface area contributed by atoms with Crippen LogP contribution in [0, 0.1) is 0 Å². The van der Waals surface area contributed by atoms with Crippen molar-refractivity contribution in [2.45, 2.75) is 43.2 Å². The number of rotatable bonds is 4. The SMILES string of the molecule is CCC1CC(Nc2ccccc2SC)CCO1. The maximum absolute atomic E-state index is 5.71. The van der Waals surface area contributed by atoms with Crippen LogP contribution in [0.4, 0.5) is 5.69 Å². The molecule has 0 aromatic heterocycles. The number of ether oxygens (including phenoxy) is 1. The molecule has 17 heavy (non-hydrogen) atoms. The van der Waals surface area contributed by atoms with Crippen LogP contribution in [0.3, 0.4) is 0 Å². The highest BCUT2D eigenvalue weighted by atomic mass is 32.2. The average Bonchev–Trinajstić information content (AvgIpc) is 2.39. The first-order chi connectivity index (χ1) is 8.33. The van der Waals surface area contributed by atoms with Gasteiger partial charge < -0.3 is 10.1 Å². The molecule has 0 spiro atoms. The zero-order valence-electron chi connectivity index (χ0n) is 10.6. The number of nitrogens with one attached hydrogen (secondary N) is 1. The maximum atomic E-state index is 5.71. The van der Waals surface area contributed by atoms with E-state index in [1.165, 1.54) is 10.6 Å². The summed E-state index contributed by atoms with van der Waals surface area (Å²) in [6.45, 7) is 3.08. The summed E-state index contributed by atoms with van der Waals surface area (Å²) in [7, 11) is 0. The third-order valence-corrected chi connectivity index (χ3v) is 4.09. The first kappa shape index (κ1) is 12.8. The number of para-hydroxylation sites is 1. The van der Waals surface area contributed by atoms with Crippen molar-refractivity contribution < 1.29 is 4.74 Å². The molecular weight excluding hydrogens is 230 g/mol. The Morgan fingerprint density at radius 2 is 2.24 bits per heavy atom. The molecule has 94 valence electrons. The molecule has 1 aliphatic heterocycles. The molecule has 1 saturated heterocycles. The lowest BCUT2D eigenvalue weighted by molar-refractivity contribution is 0.00923. The van der Waals surface area contributed by atoms with Gasteiger partial charge in [-0.25, -0.2) is 0 Å². The molecular formula is C14H21NOS. The van der Waals surface area contributed by atoms with E-state index in [-0.39, 0.29) is 0 Å². The van der Waals surface area contributed by atoms with Gasteiger partial charge in [-0.3, -0.25) is 0 Å². The minimum Gasteiger partial charge on any atom is -0.381 e. The molecule has 0 amide bonds. The van der Waals surface area contributed by atoms with E-state index < -0.39 is 0 Å². The Morgan fingerprint density at radius 3 is 3.00 bits per heavy atom. The van der Waals surface area contributed by atoms with Crippen LogP contribution in [0.1, 0.15) is 26.2 Å². The van der Waals surface area contributed by atoms with Gasteiger partial charge in [0.05, 0.1) is 6.10 Å². The molecule has 1 aromatic carbocycles. The normalized spacial score (nSPS) is 24.6. The molecule has 2 unspecified atom stereocenters. The van der Waals surface area contributed by atoms with E-state index in [1.54, 1.807) is 11.8 Å². The molecule has 1 aliphatic rings. The number of hydrogen-bond donors (Lipinski definition) is 1. The van der Waals surface area contributed by atoms with E-state index in [0.717, 1.165) is 25.9 Å². The van der Waals surface area contributed by atoms with E-state index in [2.05, 4.69) is 42.8 Å². The molecule has 0 aliphatic carbocycles. The molecule has 1 fully saturated rings. The molecule has 0 radical (unpaired) electrons. The lowest BCUT2D eigenvalue weighted by Gasteiger charge is -2.30. The van der Waals surface area contributed by atoms with Crippen LogP contribution in [0.5, 0.6) is 0 Å². The van der Waals surface area contributed by atoms with Crippen LogP contribution < -0.4 is 5.32 Å². The molecule has 1 aromatic rings. The van der Waals surface area contributed by atoms with Crippen molar-refractivity contribution >= 4 is 17.4 Å². The highest BCUT2D eigenvalue weighted by Crippen LogP contribution is 2.27. The quantitative estimate of drug-likeness (QED) is 0.823. The molecule has 3 heteroatoms. The summed E-state index contributed by atoms with van der Waals surface area (Å²) in [5, 5.41) is 3.66.